The third-order valence-electron chi connectivity index (χ3n) is 3.66. The van der Waals surface area contributed by atoms with Crippen LogP contribution in [0.25, 0.3) is 0 Å². The number of nitrogens with zero attached hydrogens (tertiary/aromatic N) is 2. The summed E-state index contributed by atoms with van der Waals surface area (Å²) in [5.74, 6) is 0. The number of aliphatic hydroxyl groups is 1. The second-order valence-electron chi connectivity index (χ2n) is 4.88. The third kappa shape index (κ3) is 2.51. The Kier molecular flexibility index (Phi) is 3.80. The Hall–Kier alpha value is -0.920. The number of thiazole rings is 1. The van der Waals surface area contributed by atoms with Crippen LogP contribution in [0.5, 0.6) is 0 Å². The fourth-order valence-corrected chi connectivity index (χ4v) is 3.23. The van der Waals surface area contributed by atoms with Crippen LogP contribution in [-0.4, -0.2) is 10.1 Å². The SMILES string of the molecule is Cc1nc(C(O)C2(C#N)CCCCCC2)cs1. The van der Waals surface area contributed by atoms with Crippen LogP contribution in [-0.2, 0) is 0 Å². The van der Waals surface area contributed by atoms with E-state index >= 15 is 0 Å². The average Bonchev–Trinajstić information content (AvgIpc) is 2.64. The summed E-state index contributed by atoms with van der Waals surface area (Å²) in [5, 5.41) is 22.8. The molecule has 17 heavy (non-hydrogen) atoms. The topological polar surface area (TPSA) is 56.9 Å². The molecule has 3 nitrogen and oxygen atoms in total. The first kappa shape index (κ1) is 12.5. The number of aliphatic hydroxyl groups excluding tert-OH is 1. The molecule has 0 radical (unpaired) electrons. The summed E-state index contributed by atoms with van der Waals surface area (Å²) in [6, 6.07) is 2.38. The molecule has 92 valence electrons. The van der Waals surface area contributed by atoms with Gasteiger partial charge in [-0.1, -0.05) is 25.7 Å². The molecular weight excluding hydrogens is 232 g/mol. The van der Waals surface area contributed by atoms with Crippen molar-refractivity contribution in [2.45, 2.75) is 51.6 Å². The van der Waals surface area contributed by atoms with Crippen LogP contribution < -0.4 is 0 Å². The van der Waals surface area contributed by atoms with E-state index in [4.69, 9.17) is 0 Å². The predicted molar refractivity (Wildman–Crippen MR) is 67.6 cm³/mol. The molecule has 1 aromatic rings. The minimum Gasteiger partial charge on any atom is -0.385 e. The van der Waals surface area contributed by atoms with Gasteiger partial charge in [0.1, 0.15) is 6.10 Å². The zero-order chi connectivity index (χ0) is 12.3. The van der Waals surface area contributed by atoms with Crippen LogP contribution in [0.1, 0.15) is 55.3 Å². The van der Waals surface area contributed by atoms with Gasteiger partial charge >= 0.3 is 0 Å². The Morgan fingerprint density at radius 2 is 2.06 bits per heavy atom. The molecule has 2 rings (SSSR count). The lowest BCUT2D eigenvalue weighted by molar-refractivity contribution is 0.0485. The Labute approximate surface area is 106 Å². The van der Waals surface area contributed by atoms with Gasteiger partial charge in [-0.3, -0.25) is 0 Å². The van der Waals surface area contributed by atoms with E-state index < -0.39 is 11.5 Å². The number of aromatic nitrogens is 1. The summed E-state index contributed by atoms with van der Waals surface area (Å²) in [4.78, 5) is 4.33. The van der Waals surface area contributed by atoms with Gasteiger partial charge in [0.25, 0.3) is 0 Å². The van der Waals surface area contributed by atoms with Gasteiger partial charge in [0.05, 0.1) is 22.2 Å². The summed E-state index contributed by atoms with van der Waals surface area (Å²) >= 11 is 1.53. The fraction of sp³-hybridized carbons (Fsp3) is 0.692. The number of nitriles is 1. The Morgan fingerprint density at radius 3 is 2.53 bits per heavy atom. The smallest absolute Gasteiger partial charge is 0.115 e. The molecule has 0 amide bonds. The maximum absolute atomic E-state index is 10.5. The van der Waals surface area contributed by atoms with Crippen molar-refractivity contribution in [3.8, 4) is 6.07 Å². The Morgan fingerprint density at radius 1 is 1.41 bits per heavy atom. The van der Waals surface area contributed by atoms with Crippen molar-refractivity contribution >= 4 is 11.3 Å². The zero-order valence-electron chi connectivity index (χ0n) is 10.1. The van der Waals surface area contributed by atoms with E-state index in [1.807, 2.05) is 12.3 Å². The van der Waals surface area contributed by atoms with Gasteiger partial charge in [0.15, 0.2) is 0 Å². The predicted octanol–water partition coefficient (Wildman–Crippen LogP) is 3.35. The third-order valence-corrected chi connectivity index (χ3v) is 4.45. The largest absolute Gasteiger partial charge is 0.385 e. The van der Waals surface area contributed by atoms with E-state index in [0.29, 0.717) is 5.69 Å². The van der Waals surface area contributed by atoms with Gasteiger partial charge in [0, 0.05) is 5.38 Å². The van der Waals surface area contributed by atoms with E-state index in [1.54, 1.807) is 0 Å². The normalized spacial score (nSPS) is 21.5. The highest BCUT2D eigenvalue weighted by Crippen LogP contribution is 2.44. The number of rotatable bonds is 2. The highest BCUT2D eigenvalue weighted by atomic mass is 32.1. The molecule has 1 aliphatic carbocycles. The van der Waals surface area contributed by atoms with Crippen molar-refractivity contribution in [1.82, 2.24) is 4.98 Å². The van der Waals surface area contributed by atoms with Crippen molar-refractivity contribution in [3.05, 3.63) is 16.1 Å². The van der Waals surface area contributed by atoms with Crippen molar-refractivity contribution in [2.24, 2.45) is 5.41 Å². The number of hydrogen-bond acceptors (Lipinski definition) is 4. The Bertz CT molecular complexity index is 413. The average molecular weight is 250 g/mol. The van der Waals surface area contributed by atoms with Crippen LogP contribution in [0.2, 0.25) is 0 Å². The molecule has 1 heterocycles. The van der Waals surface area contributed by atoms with E-state index in [0.717, 1.165) is 30.7 Å². The molecule has 4 heteroatoms. The first-order valence-corrected chi connectivity index (χ1v) is 7.07. The molecule has 0 spiro atoms. The zero-order valence-corrected chi connectivity index (χ0v) is 11.0. The van der Waals surface area contributed by atoms with Crippen LogP contribution >= 0.6 is 11.3 Å². The van der Waals surface area contributed by atoms with Crippen LogP contribution in [0.3, 0.4) is 0 Å². The molecule has 0 saturated heterocycles. The van der Waals surface area contributed by atoms with Crippen molar-refractivity contribution in [2.75, 3.05) is 0 Å². The van der Waals surface area contributed by atoms with Crippen molar-refractivity contribution in [1.29, 1.82) is 5.26 Å². The quantitative estimate of drug-likeness (QED) is 0.819. The van der Waals surface area contributed by atoms with Gasteiger partial charge < -0.3 is 5.11 Å². The molecule has 1 aromatic heterocycles. The first-order chi connectivity index (χ1) is 8.18. The lowest BCUT2D eigenvalue weighted by Gasteiger charge is -2.29. The standard InChI is InChI=1S/C13H18N2OS/c1-10-15-11(8-17-10)12(16)13(9-14)6-4-2-3-5-7-13/h8,12,16H,2-7H2,1H3. The molecule has 1 saturated carbocycles. The van der Waals surface area contributed by atoms with E-state index in [9.17, 15) is 10.4 Å². The maximum atomic E-state index is 10.5. The molecule has 1 aliphatic rings. The fourth-order valence-electron chi connectivity index (χ4n) is 2.59. The van der Waals surface area contributed by atoms with E-state index in [2.05, 4.69) is 11.1 Å². The molecule has 0 bridgehead atoms. The second-order valence-corrected chi connectivity index (χ2v) is 5.94. The maximum Gasteiger partial charge on any atom is 0.115 e. The summed E-state index contributed by atoms with van der Waals surface area (Å²) in [7, 11) is 0. The minimum absolute atomic E-state index is 0.614. The van der Waals surface area contributed by atoms with Crippen LogP contribution in [0, 0.1) is 23.7 Å². The second kappa shape index (κ2) is 5.16. The summed E-state index contributed by atoms with van der Waals surface area (Å²) in [5.41, 5.74) is 0.0627. The van der Waals surface area contributed by atoms with E-state index in [-0.39, 0.29) is 0 Å². The minimum atomic E-state index is -0.726. The number of hydrogen-bond donors (Lipinski definition) is 1. The lowest BCUT2D eigenvalue weighted by atomic mass is 9.76. The summed E-state index contributed by atoms with van der Waals surface area (Å²) in [6.07, 6.45) is 5.28. The van der Waals surface area contributed by atoms with Crippen LogP contribution in [0.4, 0.5) is 0 Å². The highest BCUT2D eigenvalue weighted by molar-refractivity contribution is 7.09. The van der Waals surface area contributed by atoms with Gasteiger partial charge in [0.2, 0.25) is 0 Å². The van der Waals surface area contributed by atoms with Gasteiger partial charge in [-0.2, -0.15) is 5.26 Å². The molecular formula is C13H18N2OS. The molecule has 1 atom stereocenters. The monoisotopic (exact) mass is 250 g/mol. The molecule has 0 aliphatic heterocycles. The first-order valence-electron chi connectivity index (χ1n) is 6.19. The molecule has 1 N–H and O–H groups in total. The lowest BCUT2D eigenvalue weighted by Crippen LogP contribution is -2.27. The number of aryl methyl sites for hydroxylation is 1. The van der Waals surface area contributed by atoms with Gasteiger partial charge in [-0.05, 0) is 19.8 Å². The molecule has 0 aromatic carbocycles. The molecule has 1 unspecified atom stereocenters. The van der Waals surface area contributed by atoms with Gasteiger partial charge in [-0.25, -0.2) is 4.98 Å². The summed E-state index contributed by atoms with van der Waals surface area (Å²) < 4.78 is 0. The van der Waals surface area contributed by atoms with E-state index in [1.165, 1.54) is 24.2 Å². The van der Waals surface area contributed by atoms with Crippen molar-refractivity contribution in [3.63, 3.8) is 0 Å². The molecule has 1 fully saturated rings. The van der Waals surface area contributed by atoms with Crippen LogP contribution in [0.15, 0.2) is 5.38 Å². The van der Waals surface area contributed by atoms with Crippen molar-refractivity contribution < 1.29 is 5.11 Å². The summed E-state index contributed by atoms with van der Waals surface area (Å²) in [6.45, 7) is 1.92. The van der Waals surface area contributed by atoms with Gasteiger partial charge in [-0.15, -0.1) is 11.3 Å². The highest BCUT2D eigenvalue weighted by Gasteiger charge is 2.40. The Balaban J connectivity index is 2.25.